The predicted molar refractivity (Wildman–Crippen MR) is 98.8 cm³/mol. The van der Waals surface area contributed by atoms with Gasteiger partial charge in [-0.15, -0.1) is 0 Å². The fourth-order valence-electron chi connectivity index (χ4n) is 3.02. The number of nitrogens with one attached hydrogen (secondary N) is 1. The van der Waals surface area contributed by atoms with Gasteiger partial charge in [-0.05, 0) is 55.3 Å². The van der Waals surface area contributed by atoms with Crippen LogP contribution in [0.5, 0.6) is 5.75 Å². The molecule has 0 bridgehead atoms. The molecule has 2 aromatic rings. The maximum absolute atomic E-state index is 13.1. The van der Waals surface area contributed by atoms with Crippen molar-refractivity contribution < 1.29 is 27.5 Å². The maximum Gasteiger partial charge on any atom is 0.416 e. The summed E-state index contributed by atoms with van der Waals surface area (Å²) in [6, 6.07) is 9.52. The number of hydrogen-bond donors (Lipinski definition) is 1. The normalized spacial score (nSPS) is 14.0. The second kappa shape index (κ2) is 8.33. The van der Waals surface area contributed by atoms with Gasteiger partial charge in [-0.1, -0.05) is 0 Å². The Morgan fingerprint density at radius 1 is 1.11 bits per heavy atom. The molecule has 0 unspecified atom stereocenters. The van der Waals surface area contributed by atoms with Crippen molar-refractivity contribution in [2.45, 2.75) is 19.0 Å². The standard InChI is InChI=1S/C20H19F3N2O3/c21-20(22,23)15-5-8-18(25-9-1-2-10-25)17(11-15)24-19(27)13-28-16-6-3-14(12-26)4-7-16/h3-8,11-12H,1-2,9-10,13H2,(H,24,27). The Morgan fingerprint density at radius 3 is 2.39 bits per heavy atom. The summed E-state index contributed by atoms with van der Waals surface area (Å²) in [6.45, 7) is 1.09. The number of carbonyl (C=O) groups excluding carboxylic acids is 2. The minimum absolute atomic E-state index is 0.113. The van der Waals surface area contributed by atoms with E-state index in [0.29, 0.717) is 23.3 Å². The Balaban J connectivity index is 1.72. The van der Waals surface area contributed by atoms with Crippen LogP contribution in [0.1, 0.15) is 28.8 Å². The van der Waals surface area contributed by atoms with E-state index in [1.807, 2.05) is 4.90 Å². The van der Waals surface area contributed by atoms with Crippen LogP contribution in [0.2, 0.25) is 0 Å². The Bertz CT molecular complexity index is 845. The minimum atomic E-state index is -4.50. The number of hydrogen-bond acceptors (Lipinski definition) is 4. The van der Waals surface area contributed by atoms with Gasteiger partial charge in [0.05, 0.1) is 16.9 Å². The van der Waals surface area contributed by atoms with Crippen molar-refractivity contribution in [2.75, 3.05) is 29.9 Å². The first-order valence-corrected chi connectivity index (χ1v) is 8.81. The van der Waals surface area contributed by atoms with Crippen molar-refractivity contribution in [3.05, 3.63) is 53.6 Å². The zero-order valence-electron chi connectivity index (χ0n) is 15.0. The maximum atomic E-state index is 13.1. The van der Waals surface area contributed by atoms with Gasteiger partial charge in [-0.2, -0.15) is 13.2 Å². The van der Waals surface area contributed by atoms with Crippen molar-refractivity contribution in [3.8, 4) is 5.75 Å². The highest BCUT2D eigenvalue weighted by atomic mass is 19.4. The van der Waals surface area contributed by atoms with Gasteiger partial charge in [0.1, 0.15) is 12.0 Å². The average Bonchev–Trinajstić information content (AvgIpc) is 3.20. The Morgan fingerprint density at radius 2 is 1.79 bits per heavy atom. The van der Waals surface area contributed by atoms with Crippen LogP contribution in [0.4, 0.5) is 24.5 Å². The van der Waals surface area contributed by atoms with Gasteiger partial charge >= 0.3 is 6.18 Å². The SMILES string of the molecule is O=Cc1ccc(OCC(=O)Nc2cc(C(F)(F)F)ccc2N2CCCC2)cc1. The lowest BCUT2D eigenvalue weighted by molar-refractivity contribution is -0.137. The molecule has 0 atom stereocenters. The zero-order valence-corrected chi connectivity index (χ0v) is 15.0. The zero-order chi connectivity index (χ0) is 20.1. The molecular formula is C20H19F3N2O3. The van der Waals surface area contributed by atoms with E-state index in [4.69, 9.17) is 4.74 Å². The van der Waals surface area contributed by atoms with Crippen molar-refractivity contribution in [3.63, 3.8) is 0 Å². The second-order valence-electron chi connectivity index (χ2n) is 6.45. The summed E-state index contributed by atoms with van der Waals surface area (Å²) in [5.74, 6) is -0.191. The molecule has 1 saturated heterocycles. The molecule has 1 N–H and O–H groups in total. The van der Waals surface area contributed by atoms with E-state index in [1.54, 1.807) is 12.1 Å². The molecule has 5 nitrogen and oxygen atoms in total. The third-order valence-electron chi connectivity index (χ3n) is 4.43. The lowest BCUT2D eigenvalue weighted by Gasteiger charge is -2.23. The van der Waals surface area contributed by atoms with Gasteiger partial charge in [-0.3, -0.25) is 9.59 Å². The summed E-state index contributed by atoms with van der Waals surface area (Å²) in [5.41, 5.74) is 0.322. The minimum Gasteiger partial charge on any atom is -0.484 e. The molecule has 2 aromatic carbocycles. The van der Waals surface area contributed by atoms with Crippen molar-refractivity contribution in [1.82, 2.24) is 0 Å². The number of alkyl halides is 3. The van der Waals surface area contributed by atoms with Crippen LogP contribution >= 0.6 is 0 Å². The third kappa shape index (κ3) is 4.82. The molecule has 0 spiro atoms. The molecule has 3 rings (SSSR count). The van der Waals surface area contributed by atoms with E-state index in [-0.39, 0.29) is 12.3 Å². The van der Waals surface area contributed by atoms with Gasteiger partial charge in [0, 0.05) is 18.7 Å². The fourth-order valence-corrected chi connectivity index (χ4v) is 3.02. The van der Waals surface area contributed by atoms with Crippen LogP contribution in [-0.2, 0) is 11.0 Å². The molecule has 1 amide bonds. The lowest BCUT2D eigenvalue weighted by Crippen LogP contribution is -2.24. The number of amides is 1. The van der Waals surface area contributed by atoms with Gasteiger partial charge in [0.25, 0.3) is 5.91 Å². The smallest absolute Gasteiger partial charge is 0.416 e. The lowest BCUT2D eigenvalue weighted by atomic mass is 10.1. The third-order valence-corrected chi connectivity index (χ3v) is 4.43. The van der Waals surface area contributed by atoms with Crippen LogP contribution in [0.15, 0.2) is 42.5 Å². The number of anilines is 2. The highest BCUT2D eigenvalue weighted by molar-refractivity contribution is 5.95. The second-order valence-corrected chi connectivity index (χ2v) is 6.45. The number of carbonyl (C=O) groups is 2. The van der Waals surface area contributed by atoms with Gasteiger partial charge in [0.2, 0.25) is 0 Å². The number of aldehydes is 1. The Labute approximate surface area is 160 Å². The van der Waals surface area contributed by atoms with Crippen LogP contribution in [0, 0.1) is 0 Å². The molecule has 148 valence electrons. The van der Waals surface area contributed by atoms with E-state index in [9.17, 15) is 22.8 Å². The summed E-state index contributed by atoms with van der Waals surface area (Å²) in [4.78, 5) is 24.8. The van der Waals surface area contributed by atoms with Gasteiger partial charge in [0.15, 0.2) is 6.61 Å². The summed E-state index contributed by atoms with van der Waals surface area (Å²) in [7, 11) is 0. The molecule has 1 aliphatic heterocycles. The summed E-state index contributed by atoms with van der Waals surface area (Å²) in [5, 5.41) is 2.53. The first-order chi connectivity index (χ1) is 13.4. The van der Waals surface area contributed by atoms with Crippen molar-refractivity contribution >= 4 is 23.6 Å². The Hall–Kier alpha value is -3.03. The highest BCUT2D eigenvalue weighted by Crippen LogP contribution is 2.36. The van der Waals surface area contributed by atoms with Crippen LogP contribution in [0.3, 0.4) is 0 Å². The first-order valence-electron chi connectivity index (χ1n) is 8.81. The van der Waals surface area contributed by atoms with Gasteiger partial charge in [-0.25, -0.2) is 0 Å². The average molecular weight is 392 g/mol. The number of rotatable bonds is 6. The van der Waals surface area contributed by atoms with Crippen LogP contribution in [-0.4, -0.2) is 31.9 Å². The van der Waals surface area contributed by atoms with E-state index in [1.165, 1.54) is 18.2 Å². The molecule has 0 aromatic heterocycles. The van der Waals surface area contributed by atoms with E-state index in [0.717, 1.165) is 38.1 Å². The molecule has 1 aliphatic rings. The summed E-state index contributed by atoms with van der Waals surface area (Å²) >= 11 is 0. The van der Waals surface area contributed by atoms with Gasteiger partial charge < -0.3 is 15.0 Å². The van der Waals surface area contributed by atoms with Crippen molar-refractivity contribution in [1.29, 1.82) is 0 Å². The molecule has 28 heavy (non-hydrogen) atoms. The molecule has 0 aliphatic carbocycles. The summed E-state index contributed by atoms with van der Waals surface area (Å²) < 4.78 is 44.5. The molecule has 0 radical (unpaired) electrons. The number of halogens is 3. The van der Waals surface area contributed by atoms with Crippen molar-refractivity contribution in [2.24, 2.45) is 0 Å². The highest BCUT2D eigenvalue weighted by Gasteiger charge is 2.32. The predicted octanol–water partition coefficient (Wildman–Crippen LogP) is 4.14. The molecule has 0 saturated carbocycles. The van der Waals surface area contributed by atoms with E-state index < -0.39 is 17.6 Å². The Kier molecular flexibility index (Phi) is 5.87. The summed E-state index contributed by atoms with van der Waals surface area (Å²) in [6.07, 6.45) is -1.91. The topological polar surface area (TPSA) is 58.6 Å². The quantitative estimate of drug-likeness (QED) is 0.751. The number of nitrogens with zero attached hydrogens (tertiary/aromatic N) is 1. The number of benzene rings is 2. The van der Waals surface area contributed by atoms with E-state index in [2.05, 4.69) is 5.32 Å². The monoisotopic (exact) mass is 392 g/mol. The molecule has 1 fully saturated rings. The van der Waals surface area contributed by atoms with E-state index >= 15 is 0 Å². The van der Waals surface area contributed by atoms with Crippen LogP contribution in [0.25, 0.3) is 0 Å². The van der Waals surface area contributed by atoms with Crippen LogP contribution < -0.4 is 15.0 Å². The first kappa shape index (κ1) is 19.7. The fraction of sp³-hybridized carbons (Fsp3) is 0.300. The number of ether oxygens (including phenoxy) is 1. The largest absolute Gasteiger partial charge is 0.484 e. The molecule has 1 heterocycles. The molecule has 8 heteroatoms. The molecular weight excluding hydrogens is 373 g/mol.